The minimum atomic E-state index is -0.769. The van der Waals surface area contributed by atoms with Gasteiger partial charge in [0.2, 0.25) is 11.8 Å². The predicted molar refractivity (Wildman–Crippen MR) is 141 cm³/mol. The molecule has 2 unspecified atom stereocenters. The van der Waals surface area contributed by atoms with E-state index >= 15 is 0 Å². The molecule has 2 aliphatic carbocycles. The second kappa shape index (κ2) is 12.1. The molecule has 0 bridgehead atoms. The third-order valence-electron chi connectivity index (χ3n) is 6.85. The fourth-order valence-electron chi connectivity index (χ4n) is 5.03. The standard InChI is InChI=1S/C29H45N3O4/c1-19(2)18-24(31-28(35)36-29(4,5)6)27(34)32(22-16-17-22)25(23-15-11-10-12-20(23)3)26(33)30-21-13-8-7-9-14-21/h10-12,15,19,21-22,24-25H,7-9,13-14,16-18H2,1-6H3,(H,30,33)(H,31,35). The molecule has 2 atom stereocenters. The summed E-state index contributed by atoms with van der Waals surface area (Å²) in [5.41, 5.74) is 1.14. The molecular formula is C29H45N3O4. The summed E-state index contributed by atoms with van der Waals surface area (Å²) in [5, 5.41) is 6.09. The molecule has 3 amide bonds. The van der Waals surface area contributed by atoms with Gasteiger partial charge in [-0.15, -0.1) is 0 Å². The quantitative estimate of drug-likeness (QED) is 0.475. The lowest BCUT2D eigenvalue weighted by Crippen LogP contribution is -2.55. The van der Waals surface area contributed by atoms with Gasteiger partial charge in [0.05, 0.1) is 0 Å². The van der Waals surface area contributed by atoms with E-state index in [1.807, 2.05) is 45.0 Å². The topological polar surface area (TPSA) is 87.7 Å². The van der Waals surface area contributed by atoms with Crippen molar-refractivity contribution >= 4 is 17.9 Å². The van der Waals surface area contributed by atoms with E-state index in [-0.39, 0.29) is 29.8 Å². The Morgan fingerprint density at radius 2 is 1.67 bits per heavy atom. The summed E-state index contributed by atoms with van der Waals surface area (Å²) in [6, 6.07) is 6.41. The van der Waals surface area contributed by atoms with Gasteiger partial charge in [0.25, 0.3) is 0 Å². The van der Waals surface area contributed by atoms with Gasteiger partial charge in [-0.2, -0.15) is 0 Å². The van der Waals surface area contributed by atoms with Crippen LogP contribution >= 0.6 is 0 Å². The zero-order valence-corrected chi connectivity index (χ0v) is 22.9. The summed E-state index contributed by atoms with van der Waals surface area (Å²) in [5.74, 6) is -0.177. The van der Waals surface area contributed by atoms with Gasteiger partial charge in [0, 0.05) is 12.1 Å². The van der Waals surface area contributed by atoms with Crippen LogP contribution in [0.1, 0.15) is 103 Å². The van der Waals surface area contributed by atoms with Crippen molar-refractivity contribution in [3.8, 4) is 0 Å². The van der Waals surface area contributed by atoms with E-state index < -0.39 is 23.8 Å². The van der Waals surface area contributed by atoms with Gasteiger partial charge < -0.3 is 20.3 Å². The summed E-state index contributed by atoms with van der Waals surface area (Å²) >= 11 is 0. The Kier molecular flexibility index (Phi) is 9.42. The molecule has 3 rings (SSSR count). The number of hydrogen-bond acceptors (Lipinski definition) is 4. The Balaban J connectivity index is 1.93. The monoisotopic (exact) mass is 499 g/mol. The molecule has 0 aromatic heterocycles. The number of nitrogens with zero attached hydrogens (tertiary/aromatic N) is 1. The number of aryl methyl sites for hydroxylation is 1. The zero-order valence-electron chi connectivity index (χ0n) is 22.9. The van der Waals surface area contributed by atoms with Crippen LogP contribution in [0.3, 0.4) is 0 Å². The van der Waals surface area contributed by atoms with Crippen LogP contribution in [0.25, 0.3) is 0 Å². The Morgan fingerprint density at radius 3 is 2.22 bits per heavy atom. The number of carbonyl (C=O) groups is 3. The van der Waals surface area contributed by atoms with Crippen LogP contribution in [-0.4, -0.2) is 46.5 Å². The van der Waals surface area contributed by atoms with Gasteiger partial charge >= 0.3 is 6.09 Å². The molecule has 2 saturated carbocycles. The summed E-state index contributed by atoms with van der Waals surface area (Å²) in [6.07, 6.45) is 6.93. The maximum atomic E-state index is 14.2. The van der Waals surface area contributed by atoms with Crippen molar-refractivity contribution in [2.45, 2.75) is 123 Å². The second-order valence-electron chi connectivity index (χ2n) is 11.9. The minimum absolute atomic E-state index is 0.0192. The molecule has 1 aromatic carbocycles. The van der Waals surface area contributed by atoms with E-state index in [9.17, 15) is 14.4 Å². The third-order valence-corrected chi connectivity index (χ3v) is 6.85. The number of benzene rings is 1. The minimum Gasteiger partial charge on any atom is -0.444 e. The van der Waals surface area contributed by atoms with Crippen LogP contribution in [0.15, 0.2) is 24.3 Å². The molecule has 2 aliphatic rings. The van der Waals surface area contributed by atoms with E-state index in [1.165, 1.54) is 6.42 Å². The first-order chi connectivity index (χ1) is 17.0. The number of carbonyl (C=O) groups excluding carboxylic acids is 3. The average molecular weight is 500 g/mol. The van der Waals surface area contributed by atoms with Crippen molar-refractivity contribution < 1.29 is 19.1 Å². The third kappa shape index (κ3) is 7.97. The first-order valence-corrected chi connectivity index (χ1v) is 13.6. The molecule has 0 spiro atoms. The van der Waals surface area contributed by atoms with Crippen LogP contribution in [0.4, 0.5) is 4.79 Å². The summed E-state index contributed by atoms with van der Waals surface area (Å²) in [6.45, 7) is 11.4. The molecule has 2 fully saturated rings. The molecule has 200 valence electrons. The summed E-state index contributed by atoms with van der Waals surface area (Å²) in [4.78, 5) is 42.5. The fourth-order valence-corrected chi connectivity index (χ4v) is 5.03. The molecule has 36 heavy (non-hydrogen) atoms. The van der Waals surface area contributed by atoms with E-state index in [0.717, 1.165) is 49.7 Å². The number of ether oxygens (including phenoxy) is 1. The first kappa shape index (κ1) is 28.0. The van der Waals surface area contributed by atoms with E-state index in [1.54, 1.807) is 25.7 Å². The Morgan fingerprint density at radius 1 is 1.03 bits per heavy atom. The molecule has 0 aliphatic heterocycles. The lowest BCUT2D eigenvalue weighted by atomic mass is 9.93. The highest BCUT2D eigenvalue weighted by atomic mass is 16.6. The number of amides is 3. The largest absolute Gasteiger partial charge is 0.444 e. The Labute approximate surface area is 216 Å². The van der Waals surface area contributed by atoms with Gasteiger partial charge in [0.1, 0.15) is 17.7 Å². The SMILES string of the molecule is Cc1ccccc1C(C(=O)NC1CCCCC1)N(C(=O)C(CC(C)C)NC(=O)OC(C)(C)C)C1CC1. The van der Waals surface area contributed by atoms with Crippen LogP contribution in [0.2, 0.25) is 0 Å². The van der Waals surface area contributed by atoms with Crippen molar-refractivity contribution in [3.63, 3.8) is 0 Å². The number of nitrogens with one attached hydrogen (secondary N) is 2. The van der Waals surface area contributed by atoms with Crippen molar-refractivity contribution in [2.24, 2.45) is 5.92 Å². The molecular weight excluding hydrogens is 454 g/mol. The molecule has 7 nitrogen and oxygen atoms in total. The van der Waals surface area contributed by atoms with Crippen molar-refractivity contribution in [1.82, 2.24) is 15.5 Å². The van der Waals surface area contributed by atoms with Crippen LogP contribution in [0, 0.1) is 12.8 Å². The number of rotatable bonds is 9. The molecule has 0 saturated heterocycles. The highest BCUT2D eigenvalue weighted by molar-refractivity contribution is 5.93. The normalized spacial score (nSPS) is 18.3. The Bertz CT molecular complexity index is 913. The van der Waals surface area contributed by atoms with Crippen LogP contribution in [0.5, 0.6) is 0 Å². The fraction of sp³-hybridized carbons (Fsp3) is 0.690. The van der Waals surface area contributed by atoms with Crippen LogP contribution < -0.4 is 10.6 Å². The maximum Gasteiger partial charge on any atom is 0.408 e. The molecule has 0 radical (unpaired) electrons. The number of alkyl carbamates (subject to hydrolysis) is 1. The van der Waals surface area contributed by atoms with Crippen molar-refractivity contribution in [1.29, 1.82) is 0 Å². The maximum absolute atomic E-state index is 14.2. The first-order valence-electron chi connectivity index (χ1n) is 13.6. The van der Waals surface area contributed by atoms with Gasteiger partial charge in [-0.25, -0.2) is 4.79 Å². The number of hydrogen-bond donors (Lipinski definition) is 2. The van der Waals surface area contributed by atoms with Crippen molar-refractivity contribution in [3.05, 3.63) is 35.4 Å². The van der Waals surface area contributed by atoms with E-state index in [0.29, 0.717) is 6.42 Å². The second-order valence-corrected chi connectivity index (χ2v) is 11.9. The smallest absolute Gasteiger partial charge is 0.408 e. The average Bonchev–Trinajstić information content (AvgIpc) is 3.61. The lowest BCUT2D eigenvalue weighted by Gasteiger charge is -2.36. The van der Waals surface area contributed by atoms with E-state index in [4.69, 9.17) is 4.74 Å². The van der Waals surface area contributed by atoms with Crippen molar-refractivity contribution in [2.75, 3.05) is 0 Å². The van der Waals surface area contributed by atoms with Gasteiger partial charge in [-0.05, 0) is 76.8 Å². The van der Waals surface area contributed by atoms with Crippen LogP contribution in [-0.2, 0) is 14.3 Å². The highest BCUT2D eigenvalue weighted by Crippen LogP contribution is 2.37. The molecule has 1 aromatic rings. The summed E-state index contributed by atoms with van der Waals surface area (Å²) < 4.78 is 5.47. The lowest BCUT2D eigenvalue weighted by molar-refractivity contribution is -0.144. The zero-order chi connectivity index (χ0) is 26.5. The van der Waals surface area contributed by atoms with E-state index in [2.05, 4.69) is 10.6 Å². The summed E-state index contributed by atoms with van der Waals surface area (Å²) in [7, 11) is 0. The van der Waals surface area contributed by atoms with Gasteiger partial charge in [-0.3, -0.25) is 9.59 Å². The van der Waals surface area contributed by atoms with Gasteiger partial charge in [-0.1, -0.05) is 57.4 Å². The Hall–Kier alpha value is -2.57. The highest BCUT2D eigenvalue weighted by Gasteiger charge is 2.44. The molecule has 0 heterocycles. The predicted octanol–water partition coefficient (Wildman–Crippen LogP) is 5.42. The van der Waals surface area contributed by atoms with Gasteiger partial charge in [0.15, 0.2) is 0 Å². The molecule has 2 N–H and O–H groups in total. The molecule has 7 heteroatoms.